The van der Waals surface area contributed by atoms with Gasteiger partial charge in [0, 0.05) is 33.1 Å². The highest BCUT2D eigenvalue weighted by Crippen LogP contribution is 2.20. The average Bonchev–Trinajstić information content (AvgIpc) is 3.73. The predicted molar refractivity (Wildman–Crippen MR) is 237 cm³/mol. The van der Waals surface area contributed by atoms with Gasteiger partial charge in [-0.1, -0.05) is 129 Å². The fourth-order valence-electron chi connectivity index (χ4n) is 7.54. The topological polar surface area (TPSA) is 209 Å². The van der Waals surface area contributed by atoms with Gasteiger partial charge in [0.25, 0.3) is 0 Å². The van der Waals surface area contributed by atoms with E-state index in [2.05, 4.69) is 35.1 Å². The summed E-state index contributed by atoms with van der Waals surface area (Å²) in [5, 5.41) is 11.4. The quantitative estimate of drug-likeness (QED) is 0.0439. The Morgan fingerprint density at radius 1 is 0.644 bits per heavy atom. The van der Waals surface area contributed by atoms with E-state index in [1.54, 1.807) is 0 Å². The van der Waals surface area contributed by atoms with Gasteiger partial charge in [-0.3, -0.25) is 28.8 Å². The smallest absolute Gasteiger partial charge is 0.248 e. The molecule has 14 nitrogen and oxygen atoms in total. The number of hydrogen-bond acceptors (Lipinski definition) is 8. The number of hydrogen-bond donors (Lipinski definition) is 6. The van der Waals surface area contributed by atoms with Crippen LogP contribution in [0.1, 0.15) is 187 Å². The Kier molecular flexibility index (Phi) is 32.3. The lowest BCUT2D eigenvalue weighted by Gasteiger charge is -2.29. The van der Waals surface area contributed by atoms with Crippen LogP contribution in [0.5, 0.6) is 0 Å². The Morgan fingerprint density at radius 2 is 1.17 bits per heavy atom. The third kappa shape index (κ3) is 25.9. The van der Waals surface area contributed by atoms with Crippen molar-refractivity contribution in [2.45, 2.75) is 205 Å². The van der Waals surface area contributed by atoms with Crippen LogP contribution in [0.4, 0.5) is 0 Å². The zero-order valence-corrected chi connectivity index (χ0v) is 37.4. The van der Waals surface area contributed by atoms with E-state index in [1.165, 1.54) is 102 Å². The average molecular weight is 834 g/mol. The van der Waals surface area contributed by atoms with E-state index in [1.807, 2.05) is 0 Å². The van der Waals surface area contributed by atoms with Gasteiger partial charge >= 0.3 is 0 Å². The number of nitrogens with one attached hydrogen (secondary N) is 4. The third-order valence-corrected chi connectivity index (χ3v) is 11.2. The number of unbranched alkanes of at least 4 members (excludes halogenated alkanes) is 19. The molecule has 6 amide bonds. The Morgan fingerprint density at radius 3 is 1.69 bits per heavy atom. The summed E-state index contributed by atoms with van der Waals surface area (Å²) in [5.41, 5.74) is 11.1. The number of nitrogens with two attached hydrogens (primary N) is 2. The van der Waals surface area contributed by atoms with E-state index >= 15 is 0 Å². The zero-order chi connectivity index (χ0) is 43.5. The molecule has 1 saturated heterocycles. The minimum absolute atomic E-state index is 0.0789. The predicted octanol–water partition coefficient (Wildman–Crippen LogP) is 5.51. The Bertz CT molecular complexity index is 1170. The maximum Gasteiger partial charge on any atom is 0.248 e. The molecule has 341 valence electrons. The molecule has 0 aromatic carbocycles. The maximum absolute atomic E-state index is 13.7. The van der Waals surface area contributed by atoms with Crippen LogP contribution in [-0.4, -0.2) is 103 Å². The highest BCUT2D eigenvalue weighted by atomic mass is 16.2. The van der Waals surface area contributed by atoms with Crippen molar-refractivity contribution >= 4 is 35.4 Å². The minimum atomic E-state index is -0.945. The number of carbonyl (C=O) groups is 6. The van der Waals surface area contributed by atoms with Crippen molar-refractivity contribution in [2.75, 3.05) is 39.8 Å². The lowest BCUT2D eigenvalue weighted by molar-refractivity contribution is -0.141. The van der Waals surface area contributed by atoms with Gasteiger partial charge < -0.3 is 42.5 Å². The highest BCUT2D eigenvalue weighted by Gasteiger charge is 2.37. The number of nitrogens with zero attached hydrogens (tertiary/aromatic N) is 2. The van der Waals surface area contributed by atoms with Crippen LogP contribution in [0.3, 0.4) is 0 Å². The van der Waals surface area contributed by atoms with Gasteiger partial charge in [-0.2, -0.15) is 0 Å². The Balaban J connectivity index is 2.76. The standard InChI is InChI=1S/C45H85N8O6/c1-4-6-8-10-12-14-16-18-20-24-32-48-40(54)30-29-37(43(57)49-33-25-21-19-17-15-13-11-9-7-5-2)51-44(58)39-28-26-34-53(39)42(56)36-52(3)45(59)38(27-22-23-31-46)50-41(55)35-47/h36-39H,4-35,46-47H2,1-3H3,(H,48,54)(H,49,57)(H,50,55)(H,51,58). The van der Waals surface area contributed by atoms with Gasteiger partial charge in [0.2, 0.25) is 35.4 Å². The molecule has 1 rings (SSSR count). The van der Waals surface area contributed by atoms with Crippen LogP contribution < -0.4 is 32.7 Å². The summed E-state index contributed by atoms with van der Waals surface area (Å²) in [6, 6.07) is -2.67. The zero-order valence-electron chi connectivity index (χ0n) is 37.4. The van der Waals surface area contributed by atoms with Gasteiger partial charge in [0.1, 0.15) is 24.7 Å². The van der Waals surface area contributed by atoms with E-state index in [-0.39, 0.29) is 31.2 Å². The van der Waals surface area contributed by atoms with E-state index in [0.717, 1.165) is 50.0 Å². The highest BCUT2D eigenvalue weighted by molar-refractivity contribution is 5.97. The van der Waals surface area contributed by atoms with Gasteiger partial charge in [0.05, 0.1) is 6.54 Å². The number of amides is 6. The molecule has 0 bridgehead atoms. The van der Waals surface area contributed by atoms with Gasteiger partial charge in [0.15, 0.2) is 0 Å². The molecule has 1 heterocycles. The van der Waals surface area contributed by atoms with Crippen molar-refractivity contribution in [3.05, 3.63) is 6.54 Å². The van der Waals surface area contributed by atoms with Crippen molar-refractivity contribution in [3.63, 3.8) is 0 Å². The third-order valence-electron chi connectivity index (χ3n) is 11.2. The monoisotopic (exact) mass is 834 g/mol. The van der Waals surface area contributed by atoms with Crippen molar-refractivity contribution in [2.24, 2.45) is 11.5 Å². The van der Waals surface area contributed by atoms with Gasteiger partial charge in [-0.05, 0) is 57.9 Å². The van der Waals surface area contributed by atoms with Crippen molar-refractivity contribution in [1.29, 1.82) is 0 Å². The summed E-state index contributed by atoms with van der Waals surface area (Å²) in [5.74, 6) is -2.48. The van der Waals surface area contributed by atoms with Crippen molar-refractivity contribution in [1.82, 2.24) is 31.1 Å². The molecule has 1 radical (unpaired) electrons. The fourth-order valence-corrected chi connectivity index (χ4v) is 7.54. The molecule has 1 aliphatic heterocycles. The summed E-state index contributed by atoms with van der Waals surface area (Å²) in [6.07, 6.45) is 26.7. The summed E-state index contributed by atoms with van der Waals surface area (Å²) in [4.78, 5) is 81.4. The molecule has 0 saturated carbocycles. The van der Waals surface area contributed by atoms with E-state index < -0.39 is 41.8 Å². The van der Waals surface area contributed by atoms with Crippen LogP contribution in [0.25, 0.3) is 0 Å². The van der Waals surface area contributed by atoms with Crippen LogP contribution in [-0.2, 0) is 28.8 Å². The van der Waals surface area contributed by atoms with E-state index in [9.17, 15) is 28.8 Å². The lowest BCUT2D eigenvalue weighted by Crippen LogP contribution is -2.54. The molecular formula is C45H85N8O6. The molecule has 8 N–H and O–H groups in total. The number of likely N-dealkylation sites (tertiary alicyclic amines) is 1. The number of rotatable bonds is 37. The molecule has 1 fully saturated rings. The molecule has 0 aromatic rings. The van der Waals surface area contributed by atoms with Crippen LogP contribution >= 0.6 is 0 Å². The first-order chi connectivity index (χ1) is 28.6. The Labute approximate surface area is 357 Å². The second-order valence-corrected chi connectivity index (χ2v) is 16.5. The van der Waals surface area contributed by atoms with Crippen LogP contribution in [0.15, 0.2) is 0 Å². The largest absolute Gasteiger partial charge is 0.356 e. The van der Waals surface area contributed by atoms with Crippen molar-refractivity contribution < 1.29 is 28.8 Å². The lowest BCUT2D eigenvalue weighted by atomic mass is 10.1. The van der Waals surface area contributed by atoms with E-state index in [0.29, 0.717) is 58.3 Å². The number of likely N-dealkylation sites (N-methyl/N-ethyl adjacent to an activating group) is 1. The summed E-state index contributed by atoms with van der Waals surface area (Å²) >= 11 is 0. The summed E-state index contributed by atoms with van der Waals surface area (Å²) < 4.78 is 0. The van der Waals surface area contributed by atoms with Gasteiger partial charge in [-0.15, -0.1) is 0 Å². The van der Waals surface area contributed by atoms with E-state index in [4.69, 9.17) is 11.5 Å². The molecule has 1 aliphatic rings. The molecule has 0 aliphatic carbocycles. The summed E-state index contributed by atoms with van der Waals surface area (Å²) in [7, 11) is 1.44. The maximum atomic E-state index is 13.7. The summed E-state index contributed by atoms with van der Waals surface area (Å²) in [6.45, 7) is 7.12. The molecule has 14 heteroatoms. The normalized spacial score (nSPS) is 14.7. The molecular weight excluding hydrogens is 749 g/mol. The van der Waals surface area contributed by atoms with Crippen molar-refractivity contribution in [3.8, 4) is 0 Å². The molecule has 59 heavy (non-hydrogen) atoms. The molecule has 3 atom stereocenters. The molecule has 0 spiro atoms. The molecule has 3 unspecified atom stereocenters. The van der Waals surface area contributed by atoms with Crippen LogP contribution in [0, 0.1) is 6.54 Å². The first-order valence-corrected chi connectivity index (χ1v) is 23.6. The molecule has 0 aromatic heterocycles. The van der Waals surface area contributed by atoms with Gasteiger partial charge in [-0.25, -0.2) is 0 Å². The number of carbonyl (C=O) groups excluding carboxylic acids is 6. The first kappa shape index (κ1) is 53.8. The first-order valence-electron chi connectivity index (χ1n) is 23.6. The second-order valence-electron chi connectivity index (χ2n) is 16.5. The SMILES string of the molecule is CCCCCCCCCCCCNC(=O)CCC(NC(=O)C1CCCN1C(=O)[CH]N(C)C(=O)C(CCCCN)NC(=O)CN)C(=O)NCCCCCCCCCCCC. The fraction of sp³-hybridized carbons (Fsp3) is 0.844. The minimum Gasteiger partial charge on any atom is -0.356 e. The van der Waals surface area contributed by atoms with Crippen LogP contribution in [0.2, 0.25) is 0 Å². The Hall–Kier alpha value is -3.26. The second kappa shape index (κ2) is 35.5.